The van der Waals surface area contributed by atoms with Crippen LogP contribution >= 0.6 is 0 Å². The summed E-state index contributed by atoms with van der Waals surface area (Å²) >= 11 is 0. The number of amides is 1. The van der Waals surface area contributed by atoms with Gasteiger partial charge in [0, 0.05) is 17.6 Å². The first-order valence-electron chi connectivity index (χ1n) is 6.53. The Morgan fingerprint density at radius 1 is 1.47 bits per heavy atom. The number of nitrogens with one attached hydrogen (secondary N) is 2. The zero-order chi connectivity index (χ0) is 13.8. The molecule has 19 heavy (non-hydrogen) atoms. The third kappa shape index (κ3) is 3.50. The van der Waals surface area contributed by atoms with Gasteiger partial charge < -0.3 is 10.6 Å². The molecule has 2 atom stereocenters. The van der Waals surface area contributed by atoms with Crippen molar-refractivity contribution in [2.24, 2.45) is 0 Å². The van der Waals surface area contributed by atoms with E-state index in [0.29, 0.717) is 0 Å². The monoisotopic (exact) mass is 268 g/mol. The molecule has 1 heterocycles. The van der Waals surface area contributed by atoms with Gasteiger partial charge in [-0.15, -0.1) is 0 Å². The van der Waals surface area contributed by atoms with Crippen molar-refractivity contribution in [1.29, 1.82) is 0 Å². The molecule has 2 N–H and O–H groups in total. The predicted molar refractivity (Wildman–Crippen MR) is 68.7 cm³/mol. The topological polar surface area (TPSA) is 41.1 Å². The summed E-state index contributed by atoms with van der Waals surface area (Å²) < 4.78 is 26.5. The molecule has 1 amide bonds. The summed E-state index contributed by atoms with van der Waals surface area (Å²) in [6, 6.07) is 4.14. The zero-order valence-corrected chi connectivity index (χ0v) is 10.9. The summed E-state index contributed by atoms with van der Waals surface area (Å²) in [5.41, 5.74) is 0.0916. The highest BCUT2D eigenvalue weighted by atomic mass is 19.2. The summed E-state index contributed by atoms with van der Waals surface area (Å²) in [5.74, 6) is -2.13. The molecule has 0 saturated carbocycles. The maximum absolute atomic E-state index is 13.4. The summed E-state index contributed by atoms with van der Waals surface area (Å²) in [7, 11) is 0. The van der Waals surface area contributed by atoms with Crippen LogP contribution in [0.1, 0.15) is 25.3 Å². The largest absolute Gasteiger partial charge is 0.352 e. The lowest BCUT2D eigenvalue weighted by molar-refractivity contribution is -0.121. The number of hydrogen-bond acceptors (Lipinski definition) is 2. The molecule has 0 aliphatic carbocycles. The number of benzene rings is 1. The molecule has 0 aromatic heterocycles. The fraction of sp³-hybridized carbons (Fsp3) is 0.500. The molecule has 104 valence electrons. The minimum absolute atomic E-state index is 0.0536. The lowest BCUT2D eigenvalue weighted by atomic mass is 9.99. The van der Waals surface area contributed by atoms with E-state index in [4.69, 9.17) is 0 Å². The van der Waals surface area contributed by atoms with Gasteiger partial charge in [-0.2, -0.15) is 0 Å². The summed E-state index contributed by atoms with van der Waals surface area (Å²) in [6.45, 7) is 2.96. The van der Waals surface area contributed by atoms with E-state index >= 15 is 0 Å². The van der Waals surface area contributed by atoms with Gasteiger partial charge in [0.25, 0.3) is 0 Å². The fourth-order valence-electron chi connectivity index (χ4n) is 2.36. The van der Waals surface area contributed by atoms with Crippen LogP contribution in [0.3, 0.4) is 0 Å². The second kappa shape index (κ2) is 6.10. The average molecular weight is 268 g/mol. The first kappa shape index (κ1) is 13.9. The Morgan fingerprint density at radius 3 is 3.00 bits per heavy atom. The number of piperidine rings is 1. The smallest absolute Gasteiger partial charge is 0.224 e. The molecule has 3 nitrogen and oxygen atoms in total. The van der Waals surface area contributed by atoms with E-state index in [1.807, 2.05) is 6.92 Å². The Morgan fingerprint density at radius 2 is 2.26 bits per heavy atom. The van der Waals surface area contributed by atoms with Gasteiger partial charge in [0.15, 0.2) is 11.6 Å². The van der Waals surface area contributed by atoms with Crippen molar-refractivity contribution in [3.05, 3.63) is 35.4 Å². The van der Waals surface area contributed by atoms with E-state index in [2.05, 4.69) is 10.6 Å². The van der Waals surface area contributed by atoms with Crippen LogP contribution in [0.4, 0.5) is 8.78 Å². The molecule has 1 fully saturated rings. The van der Waals surface area contributed by atoms with Crippen LogP contribution in [0.25, 0.3) is 0 Å². The van der Waals surface area contributed by atoms with Gasteiger partial charge in [0.05, 0.1) is 6.42 Å². The van der Waals surface area contributed by atoms with E-state index in [-0.39, 0.29) is 30.0 Å². The SMILES string of the molecule is C[C@@H]1NCCC[C@H]1NC(=O)Cc1cccc(F)c1F. The molecule has 1 aliphatic heterocycles. The Hall–Kier alpha value is -1.49. The van der Waals surface area contributed by atoms with Crippen molar-refractivity contribution >= 4 is 5.91 Å². The van der Waals surface area contributed by atoms with E-state index in [0.717, 1.165) is 25.5 Å². The van der Waals surface area contributed by atoms with Crippen LogP contribution in [0.5, 0.6) is 0 Å². The maximum Gasteiger partial charge on any atom is 0.224 e. The molecular formula is C14H18F2N2O. The Balaban J connectivity index is 1.95. The zero-order valence-electron chi connectivity index (χ0n) is 10.9. The average Bonchev–Trinajstić information content (AvgIpc) is 2.38. The van der Waals surface area contributed by atoms with Crippen LogP contribution in [0.15, 0.2) is 18.2 Å². The lowest BCUT2D eigenvalue weighted by Crippen LogP contribution is -2.52. The number of carbonyl (C=O) groups is 1. The number of carbonyl (C=O) groups excluding carboxylic acids is 1. The molecule has 1 saturated heterocycles. The third-order valence-corrected chi connectivity index (χ3v) is 3.49. The molecule has 1 aromatic carbocycles. The number of halogens is 2. The van der Waals surface area contributed by atoms with Crippen molar-refractivity contribution in [2.75, 3.05) is 6.54 Å². The Kier molecular flexibility index (Phi) is 4.47. The normalized spacial score (nSPS) is 23.1. The van der Waals surface area contributed by atoms with Crippen LogP contribution < -0.4 is 10.6 Å². The van der Waals surface area contributed by atoms with Gasteiger partial charge in [-0.1, -0.05) is 12.1 Å². The van der Waals surface area contributed by atoms with E-state index < -0.39 is 11.6 Å². The molecular weight excluding hydrogens is 250 g/mol. The van der Waals surface area contributed by atoms with Gasteiger partial charge in [-0.3, -0.25) is 4.79 Å². The minimum atomic E-state index is -0.938. The highest BCUT2D eigenvalue weighted by Gasteiger charge is 2.22. The van der Waals surface area contributed by atoms with Crippen LogP contribution in [-0.2, 0) is 11.2 Å². The molecule has 0 spiro atoms. The first-order chi connectivity index (χ1) is 9.08. The number of rotatable bonds is 3. The van der Waals surface area contributed by atoms with Crippen molar-refractivity contribution in [3.8, 4) is 0 Å². The molecule has 0 radical (unpaired) electrons. The first-order valence-corrected chi connectivity index (χ1v) is 6.53. The van der Waals surface area contributed by atoms with E-state index in [1.54, 1.807) is 0 Å². The maximum atomic E-state index is 13.4. The highest BCUT2D eigenvalue weighted by Crippen LogP contribution is 2.13. The molecule has 0 bridgehead atoms. The Labute approximate surface area is 111 Å². The van der Waals surface area contributed by atoms with Gasteiger partial charge >= 0.3 is 0 Å². The predicted octanol–water partition coefficient (Wildman–Crippen LogP) is 1.76. The van der Waals surface area contributed by atoms with Gasteiger partial charge in [0.2, 0.25) is 5.91 Å². The molecule has 5 heteroatoms. The second-order valence-corrected chi connectivity index (χ2v) is 4.95. The van der Waals surface area contributed by atoms with Gasteiger partial charge in [-0.25, -0.2) is 8.78 Å². The second-order valence-electron chi connectivity index (χ2n) is 4.95. The molecule has 2 rings (SSSR count). The highest BCUT2D eigenvalue weighted by molar-refractivity contribution is 5.79. The van der Waals surface area contributed by atoms with Gasteiger partial charge in [0.1, 0.15) is 0 Å². The molecule has 0 unspecified atom stereocenters. The van der Waals surface area contributed by atoms with Crippen molar-refractivity contribution in [3.63, 3.8) is 0 Å². The summed E-state index contributed by atoms with van der Waals surface area (Å²) in [6.07, 6.45) is 1.78. The van der Waals surface area contributed by atoms with E-state index in [1.165, 1.54) is 12.1 Å². The van der Waals surface area contributed by atoms with Crippen LogP contribution in [0, 0.1) is 11.6 Å². The lowest BCUT2D eigenvalue weighted by Gasteiger charge is -2.30. The quantitative estimate of drug-likeness (QED) is 0.877. The number of hydrogen-bond donors (Lipinski definition) is 2. The summed E-state index contributed by atoms with van der Waals surface area (Å²) in [4.78, 5) is 11.9. The van der Waals surface area contributed by atoms with Crippen molar-refractivity contribution in [1.82, 2.24) is 10.6 Å². The van der Waals surface area contributed by atoms with Crippen LogP contribution in [0.2, 0.25) is 0 Å². The van der Waals surface area contributed by atoms with E-state index in [9.17, 15) is 13.6 Å². The van der Waals surface area contributed by atoms with Gasteiger partial charge in [-0.05, 0) is 32.4 Å². The third-order valence-electron chi connectivity index (χ3n) is 3.49. The van der Waals surface area contributed by atoms with Crippen molar-refractivity contribution < 1.29 is 13.6 Å². The molecule has 1 aliphatic rings. The van der Waals surface area contributed by atoms with Crippen molar-refractivity contribution in [2.45, 2.75) is 38.3 Å². The summed E-state index contributed by atoms with van der Waals surface area (Å²) in [5, 5.41) is 6.15. The minimum Gasteiger partial charge on any atom is -0.352 e. The molecule has 1 aromatic rings. The van der Waals surface area contributed by atoms with Crippen LogP contribution in [-0.4, -0.2) is 24.5 Å². The Bertz CT molecular complexity index is 465. The fourth-order valence-corrected chi connectivity index (χ4v) is 2.36. The standard InChI is InChI=1S/C14H18F2N2O/c1-9-12(6-3-7-17-9)18-13(19)8-10-4-2-5-11(15)14(10)16/h2,4-5,9,12,17H,3,6-8H2,1H3,(H,18,19)/t9-,12+/m0/s1.